The van der Waals surface area contributed by atoms with E-state index in [9.17, 15) is 4.79 Å². The van der Waals surface area contributed by atoms with Gasteiger partial charge in [-0.2, -0.15) is 5.10 Å². The van der Waals surface area contributed by atoms with Gasteiger partial charge in [0.15, 0.2) is 0 Å². The second-order valence-electron chi connectivity index (χ2n) is 3.00. The molecular formula is C8H11N3O2. The lowest BCUT2D eigenvalue weighted by atomic mass is 10.1. The molecule has 1 N–H and O–H groups in total. The maximum atomic E-state index is 11.2. The Morgan fingerprint density at radius 2 is 2.69 bits per heavy atom. The Morgan fingerprint density at radius 1 is 1.85 bits per heavy atom. The predicted octanol–water partition coefficient (Wildman–Crippen LogP) is 0.0978. The van der Waals surface area contributed by atoms with Crippen LogP contribution in [0.15, 0.2) is 12.3 Å². The molecule has 5 heteroatoms. The Balaban J connectivity index is 2.13. The van der Waals surface area contributed by atoms with Gasteiger partial charge in [0.25, 0.3) is 0 Å². The molecule has 0 saturated carbocycles. The molecule has 0 bridgehead atoms. The Bertz CT molecular complexity index is 321. The summed E-state index contributed by atoms with van der Waals surface area (Å²) in [6, 6.07) is 1.88. The lowest BCUT2D eigenvalue weighted by molar-refractivity contribution is -0.145. The zero-order chi connectivity index (χ0) is 9.26. The highest BCUT2D eigenvalue weighted by atomic mass is 16.5. The van der Waals surface area contributed by atoms with E-state index in [1.54, 1.807) is 10.9 Å². The zero-order valence-corrected chi connectivity index (χ0v) is 7.36. The molecule has 0 radical (unpaired) electrons. The summed E-state index contributed by atoms with van der Waals surface area (Å²) in [7, 11) is 1.40. The van der Waals surface area contributed by atoms with Crippen LogP contribution in [0, 0.1) is 5.92 Å². The van der Waals surface area contributed by atoms with Gasteiger partial charge in [-0.15, -0.1) is 0 Å². The standard InChI is InChI=1S/C8H11N3O2/c1-13-8(12)6-4-9-7-2-3-10-11(7)5-6/h2-3,6,9H,4-5H2,1H3. The summed E-state index contributed by atoms with van der Waals surface area (Å²) in [5.74, 6) is 0.645. The summed E-state index contributed by atoms with van der Waals surface area (Å²) < 4.78 is 6.43. The molecule has 0 fully saturated rings. The number of hydrogen-bond donors (Lipinski definition) is 1. The quantitative estimate of drug-likeness (QED) is 0.624. The van der Waals surface area contributed by atoms with Crippen molar-refractivity contribution in [2.45, 2.75) is 6.54 Å². The number of fused-ring (bicyclic) bond motifs is 1. The van der Waals surface area contributed by atoms with Crippen LogP contribution < -0.4 is 5.32 Å². The van der Waals surface area contributed by atoms with Crippen molar-refractivity contribution >= 4 is 11.8 Å². The minimum atomic E-state index is -0.186. The van der Waals surface area contributed by atoms with E-state index in [0.717, 1.165) is 5.82 Å². The van der Waals surface area contributed by atoms with Gasteiger partial charge in [0.05, 0.1) is 25.8 Å². The number of esters is 1. The first-order chi connectivity index (χ1) is 6.31. The van der Waals surface area contributed by atoms with Crippen molar-refractivity contribution in [2.24, 2.45) is 5.92 Å². The number of hydrogen-bond acceptors (Lipinski definition) is 4. The number of methoxy groups -OCH3 is 1. The van der Waals surface area contributed by atoms with Crippen molar-refractivity contribution in [1.29, 1.82) is 0 Å². The number of carbonyl (C=O) groups is 1. The lowest BCUT2D eigenvalue weighted by Gasteiger charge is -2.22. The number of nitrogens with zero attached hydrogens (tertiary/aromatic N) is 2. The fraction of sp³-hybridized carbons (Fsp3) is 0.500. The van der Waals surface area contributed by atoms with Gasteiger partial charge >= 0.3 is 5.97 Å². The molecule has 1 unspecified atom stereocenters. The molecule has 1 atom stereocenters. The number of ether oxygens (including phenoxy) is 1. The largest absolute Gasteiger partial charge is 0.469 e. The van der Waals surface area contributed by atoms with E-state index >= 15 is 0 Å². The second-order valence-corrected chi connectivity index (χ2v) is 3.00. The Morgan fingerprint density at radius 3 is 3.46 bits per heavy atom. The number of carbonyl (C=O) groups excluding carboxylic acids is 1. The maximum absolute atomic E-state index is 11.2. The van der Waals surface area contributed by atoms with Crippen LogP contribution in [0.5, 0.6) is 0 Å². The van der Waals surface area contributed by atoms with E-state index in [0.29, 0.717) is 13.1 Å². The molecule has 5 nitrogen and oxygen atoms in total. The SMILES string of the molecule is COC(=O)C1CNc2ccnn2C1. The molecule has 13 heavy (non-hydrogen) atoms. The summed E-state index contributed by atoms with van der Waals surface area (Å²) in [4.78, 5) is 11.2. The van der Waals surface area contributed by atoms with Crippen molar-refractivity contribution in [3.8, 4) is 0 Å². The number of aromatic nitrogens is 2. The van der Waals surface area contributed by atoms with Crippen molar-refractivity contribution in [3.05, 3.63) is 12.3 Å². The number of rotatable bonds is 1. The Kier molecular flexibility index (Phi) is 1.92. The van der Waals surface area contributed by atoms with Crippen LogP contribution in [-0.4, -0.2) is 29.4 Å². The van der Waals surface area contributed by atoms with Crippen LogP contribution >= 0.6 is 0 Å². The van der Waals surface area contributed by atoms with Gasteiger partial charge in [-0.05, 0) is 0 Å². The smallest absolute Gasteiger partial charge is 0.312 e. The van der Waals surface area contributed by atoms with Crippen LogP contribution in [-0.2, 0) is 16.1 Å². The molecule has 0 amide bonds. The first-order valence-corrected chi connectivity index (χ1v) is 4.15. The highest BCUT2D eigenvalue weighted by molar-refractivity contribution is 5.73. The van der Waals surface area contributed by atoms with Crippen LogP contribution in [0.25, 0.3) is 0 Å². The van der Waals surface area contributed by atoms with Gasteiger partial charge in [-0.25, -0.2) is 4.68 Å². The van der Waals surface area contributed by atoms with Crippen molar-refractivity contribution in [3.63, 3.8) is 0 Å². The van der Waals surface area contributed by atoms with Gasteiger partial charge in [-0.3, -0.25) is 4.79 Å². The molecule has 1 aliphatic rings. The Labute approximate surface area is 75.7 Å². The average molecular weight is 181 g/mol. The third kappa shape index (κ3) is 1.37. The molecule has 0 aromatic carbocycles. The molecule has 0 aliphatic carbocycles. The second kappa shape index (κ2) is 3.08. The molecule has 0 spiro atoms. The van der Waals surface area contributed by atoms with Crippen LogP contribution in [0.4, 0.5) is 5.82 Å². The van der Waals surface area contributed by atoms with E-state index in [1.165, 1.54) is 7.11 Å². The molecule has 2 rings (SSSR count). The fourth-order valence-electron chi connectivity index (χ4n) is 1.45. The molecule has 1 aromatic rings. The molecular weight excluding hydrogens is 170 g/mol. The van der Waals surface area contributed by atoms with Gasteiger partial charge in [-0.1, -0.05) is 0 Å². The van der Waals surface area contributed by atoms with Gasteiger partial charge in [0.2, 0.25) is 0 Å². The first-order valence-electron chi connectivity index (χ1n) is 4.15. The van der Waals surface area contributed by atoms with Crippen molar-refractivity contribution in [2.75, 3.05) is 19.0 Å². The van der Waals surface area contributed by atoms with Crippen molar-refractivity contribution in [1.82, 2.24) is 9.78 Å². The van der Waals surface area contributed by atoms with E-state index in [2.05, 4.69) is 15.2 Å². The third-order valence-corrected chi connectivity index (χ3v) is 2.17. The minimum absolute atomic E-state index is 0.127. The normalized spacial score (nSPS) is 20.2. The third-order valence-electron chi connectivity index (χ3n) is 2.17. The van der Waals surface area contributed by atoms with Gasteiger partial charge in [0.1, 0.15) is 5.82 Å². The van der Waals surface area contributed by atoms with Crippen LogP contribution in [0.2, 0.25) is 0 Å². The maximum Gasteiger partial charge on any atom is 0.312 e. The number of anilines is 1. The fourth-order valence-corrected chi connectivity index (χ4v) is 1.45. The van der Waals surface area contributed by atoms with E-state index in [4.69, 9.17) is 0 Å². The van der Waals surface area contributed by atoms with Gasteiger partial charge < -0.3 is 10.1 Å². The van der Waals surface area contributed by atoms with Crippen LogP contribution in [0.3, 0.4) is 0 Å². The average Bonchev–Trinajstić information content (AvgIpc) is 2.63. The minimum Gasteiger partial charge on any atom is -0.469 e. The van der Waals surface area contributed by atoms with E-state index < -0.39 is 0 Å². The van der Waals surface area contributed by atoms with Crippen LogP contribution in [0.1, 0.15) is 0 Å². The lowest BCUT2D eigenvalue weighted by Crippen LogP contribution is -2.33. The Hall–Kier alpha value is -1.52. The molecule has 2 heterocycles. The molecule has 1 aliphatic heterocycles. The predicted molar refractivity (Wildman–Crippen MR) is 46.2 cm³/mol. The first kappa shape index (κ1) is 8.10. The summed E-state index contributed by atoms with van der Waals surface area (Å²) >= 11 is 0. The molecule has 0 saturated heterocycles. The van der Waals surface area contributed by atoms with Crippen molar-refractivity contribution < 1.29 is 9.53 Å². The summed E-state index contributed by atoms with van der Waals surface area (Å²) in [5, 5.41) is 7.18. The zero-order valence-electron chi connectivity index (χ0n) is 7.36. The highest BCUT2D eigenvalue weighted by Gasteiger charge is 2.24. The molecule has 1 aromatic heterocycles. The summed E-state index contributed by atoms with van der Waals surface area (Å²) in [6.07, 6.45) is 1.71. The topological polar surface area (TPSA) is 56.1 Å². The van der Waals surface area contributed by atoms with E-state index in [-0.39, 0.29) is 11.9 Å². The monoisotopic (exact) mass is 181 g/mol. The highest BCUT2D eigenvalue weighted by Crippen LogP contribution is 2.16. The molecule has 70 valence electrons. The van der Waals surface area contributed by atoms with Gasteiger partial charge in [0, 0.05) is 12.6 Å². The summed E-state index contributed by atoms with van der Waals surface area (Å²) in [6.45, 7) is 1.22. The van der Waals surface area contributed by atoms with E-state index in [1.807, 2.05) is 6.07 Å². The number of nitrogens with one attached hydrogen (secondary N) is 1. The summed E-state index contributed by atoms with van der Waals surface area (Å²) in [5.41, 5.74) is 0.